The molecular weight excluding hydrogens is 298 g/mol. The van der Waals surface area contributed by atoms with E-state index in [1.165, 1.54) is 41.6 Å². The van der Waals surface area contributed by atoms with E-state index in [1.54, 1.807) is 12.1 Å². The Labute approximate surface area is 142 Å². The van der Waals surface area contributed by atoms with Gasteiger partial charge in [-0.2, -0.15) is 0 Å². The molecule has 1 aliphatic carbocycles. The Hall–Kier alpha value is -2.29. The van der Waals surface area contributed by atoms with Crippen LogP contribution in [0.1, 0.15) is 65.2 Å². The molecule has 0 radical (unpaired) electrons. The maximum absolute atomic E-state index is 11.1. The number of carbonyl (C=O) groups is 1. The molecule has 0 amide bonds. The van der Waals surface area contributed by atoms with Crippen LogP contribution in [-0.2, 0) is 6.42 Å². The predicted octanol–water partition coefficient (Wildman–Crippen LogP) is 5.00. The molecule has 1 heterocycles. The highest BCUT2D eigenvalue weighted by Gasteiger charge is 2.40. The minimum atomic E-state index is -0.866. The molecule has 3 atom stereocenters. The number of aromatic carboxylic acids is 1. The molecule has 0 saturated heterocycles. The van der Waals surface area contributed by atoms with Crippen LogP contribution in [0.2, 0.25) is 0 Å². The van der Waals surface area contributed by atoms with Gasteiger partial charge in [-0.1, -0.05) is 37.6 Å². The summed E-state index contributed by atoms with van der Waals surface area (Å²) < 4.78 is 0. The SMILES string of the molecule is CCc1ccc2c(c1)[C@@H]1CCC[C@@H]1[C@H](c1ccc(C(=O)O)cc1)N2. The van der Waals surface area contributed by atoms with Crippen molar-refractivity contribution in [2.45, 2.75) is 44.6 Å². The molecule has 0 bridgehead atoms. The lowest BCUT2D eigenvalue weighted by molar-refractivity contribution is 0.0697. The zero-order valence-corrected chi connectivity index (χ0v) is 14.0. The molecular formula is C21H23NO2. The van der Waals surface area contributed by atoms with Gasteiger partial charge in [-0.3, -0.25) is 0 Å². The van der Waals surface area contributed by atoms with E-state index in [0.29, 0.717) is 17.4 Å². The van der Waals surface area contributed by atoms with E-state index in [-0.39, 0.29) is 6.04 Å². The average molecular weight is 321 g/mol. The molecule has 2 aromatic carbocycles. The van der Waals surface area contributed by atoms with E-state index in [0.717, 1.165) is 6.42 Å². The van der Waals surface area contributed by atoms with Gasteiger partial charge in [-0.25, -0.2) is 4.79 Å². The van der Waals surface area contributed by atoms with Crippen molar-refractivity contribution in [3.8, 4) is 0 Å². The largest absolute Gasteiger partial charge is 0.478 e. The lowest BCUT2D eigenvalue weighted by Crippen LogP contribution is -2.28. The second-order valence-electron chi connectivity index (χ2n) is 7.03. The van der Waals surface area contributed by atoms with Crippen molar-refractivity contribution in [1.29, 1.82) is 0 Å². The van der Waals surface area contributed by atoms with E-state index in [4.69, 9.17) is 5.11 Å². The second kappa shape index (κ2) is 5.97. The van der Waals surface area contributed by atoms with Crippen molar-refractivity contribution < 1.29 is 9.90 Å². The van der Waals surface area contributed by atoms with Gasteiger partial charge in [0.2, 0.25) is 0 Å². The molecule has 3 nitrogen and oxygen atoms in total. The minimum absolute atomic E-state index is 0.278. The first kappa shape index (κ1) is 15.3. The summed E-state index contributed by atoms with van der Waals surface area (Å²) in [6.45, 7) is 2.21. The van der Waals surface area contributed by atoms with Crippen LogP contribution in [0, 0.1) is 5.92 Å². The Morgan fingerprint density at radius 3 is 2.67 bits per heavy atom. The summed E-state index contributed by atoms with van der Waals surface area (Å²) in [4.78, 5) is 11.1. The Morgan fingerprint density at radius 2 is 1.96 bits per heavy atom. The van der Waals surface area contributed by atoms with Gasteiger partial charge in [0, 0.05) is 5.69 Å². The molecule has 2 aliphatic rings. The summed E-state index contributed by atoms with van der Waals surface area (Å²) in [6.07, 6.45) is 4.84. The quantitative estimate of drug-likeness (QED) is 0.836. The van der Waals surface area contributed by atoms with E-state index in [1.807, 2.05) is 12.1 Å². The smallest absolute Gasteiger partial charge is 0.335 e. The number of hydrogen-bond donors (Lipinski definition) is 2. The fraction of sp³-hybridized carbons (Fsp3) is 0.381. The molecule has 0 spiro atoms. The summed E-state index contributed by atoms with van der Waals surface area (Å²) in [7, 11) is 0. The number of rotatable bonds is 3. The van der Waals surface area contributed by atoms with Crippen molar-refractivity contribution in [3.63, 3.8) is 0 Å². The lowest BCUT2D eigenvalue weighted by Gasteiger charge is -2.38. The van der Waals surface area contributed by atoms with Gasteiger partial charge in [0.25, 0.3) is 0 Å². The fourth-order valence-electron chi connectivity index (χ4n) is 4.48. The van der Waals surface area contributed by atoms with Crippen LogP contribution in [0.5, 0.6) is 0 Å². The van der Waals surface area contributed by atoms with Crippen molar-refractivity contribution >= 4 is 11.7 Å². The predicted molar refractivity (Wildman–Crippen MR) is 95.7 cm³/mol. The van der Waals surface area contributed by atoms with Crippen LogP contribution in [0.3, 0.4) is 0 Å². The molecule has 4 rings (SSSR count). The highest BCUT2D eigenvalue weighted by atomic mass is 16.4. The van der Waals surface area contributed by atoms with Gasteiger partial charge in [0.1, 0.15) is 0 Å². The van der Waals surface area contributed by atoms with E-state index < -0.39 is 5.97 Å². The number of hydrogen-bond acceptors (Lipinski definition) is 2. The molecule has 2 aromatic rings. The standard InChI is InChI=1S/C21H23NO2/c1-2-13-6-11-19-18(12-13)16-4-3-5-17(16)20(22-19)14-7-9-15(10-8-14)21(23)24/h6-12,16-17,20,22H,2-5H2,1H3,(H,23,24)/t16-,17+,20+/m1/s1. The zero-order valence-electron chi connectivity index (χ0n) is 14.0. The Bertz CT molecular complexity index is 766. The van der Waals surface area contributed by atoms with Crippen LogP contribution in [-0.4, -0.2) is 11.1 Å². The second-order valence-corrected chi connectivity index (χ2v) is 7.03. The number of carboxylic acids is 1. The molecule has 2 N–H and O–H groups in total. The highest BCUT2D eigenvalue weighted by molar-refractivity contribution is 5.87. The number of carboxylic acid groups (broad SMARTS) is 1. The van der Waals surface area contributed by atoms with Crippen LogP contribution in [0.25, 0.3) is 0 Å². The van der Waals surface area contributed by atoms with Gasteiger partial charge < -0.3 is 10.4 Å². The molecule has 1 saturated carbocycles. The maximum Gasteiger partial charge on any atom is 0.335 e. The topological polar surface area (TPSA) is 49.3 Å². The van der Waals surface area contributed by atoms with Gasteiger partial charge in [0.05, 0.1) is 11.6 Å². The Kier molecular flexibility index (Phi) is 3.79. The third-order valence-electron chi connectivity index (χ3n) is 5.75. The van der Waals surface area contributed by atoms with E-state index in [9.17, 15) is 4.79 Å². The van der Waals surface area contributed by atoms with Gasteiger partial charge in [-0.05, 0) is 66.0 Å². The van der Waals surface area contributed by atoms with Crippen molar-refractivity contribution in [1.82, 2.24) is 0 Å². The molecule has 1 aliphatic heterocycles. The summed E-state index contributed by atoms with van der Waals surface area (Å²) in [5.41, 5.74) is 5.69. The summed E-state index contributed by atoms with van der Waals surface area (Å²) in [6, 6.07) is 14.5. The normalized spacial score (nSPS) is 24.8. The summed E-state index contributed by atoms with van der Waals surface area (Å²) >= 11 is 0. The maximum atomic E-state index is 11.1. The van der Waals surface area contributed by atoms with E-state index >= 15 is 0 Å². The first-order chi connectivity index (χ1) is 11.7. The number of nitrogens with one attached hydrogen (secondary N) is 1. The third kappa shape index (κ3) is 2.48. The summed E-state index contributed by atoms with van der Waals surface area (Å²) in [5.74, 6) is 0.353. The van der Waals surface area contributed by atoms with Crippen LogP contribution >= 0.6 is 0 Å². The summed E-state index contributed by atoms with van der Waals surface area (Å²) in [5, 5.41) is 12.8. The zero-order chi connectivity index (χ0) is 16.7. The van der Waals surface area contributed by atoms with Crippen molar-refractivity contribution in [2.24, 2.45) is 5.92 Å². The third-order valence-corrected chi connectivity index (χ3v) is 5.75. The van der Waals surface area contributed by atoms with Crippen molar-refractivity contribution in [3.05, 3.63) is 64.7 Å². The number of benzene rings is 2. The first-order valence-corrected chi connectivity index (χ1v) is 8.90. The minimum Gasteiger partial charge on any atom is -0.478 e. The van der Waals surface area contributed by atoms with Crippen molar-refractivity contribution in [2.75, 3.05) is 5.32 Å². The lowest BCUT2D eigenvalue weighted by atomic mass is 9.77. The van der Waals surface area contributed by atoms with Crippen LogP contribution in [0.4, 0.5) is 5.69 Å². The number of aryl methyl sites for hydroxylation is 1. The van der Waals surface area contributed by atoms with Gasteiger partial charge in [-0.15, -0.1) is 0 Å². The molecule has 3 heteroatoms. The Balaban J connectivity index is 1.71. The molecule has 0 aromatic heterocycles. The first-order valence-electron chi connectivity index (χ1n) is 8.90. The monoisotopic (exact) mass is 321 g/mol. The van der Waals surface area contributed by atoms with Crippen LogP contribution in [0.15, 0.2) is 42.5 Å². The highest BCUT2D eigenvalue weighted by Crippen LogP contribution is 2.52. The number of anilines is 1. The average Bonchev–Trinajstić information content (AvgIpc) is 3.10. The van der Waals surface area contributed by atoms with E-state index in [2.05, 4.69) is 30.4 Å². The molecule has 24 heavy (non-hydrogen) atoms. The molecule has 0 unspecified atom stereocenters. The molecule has 124 valence electrons. The van der Waals surface area contributed by atoms with Gasteiger partial charge >= 0.3 is 5.97 Å². The Morgan fingerprint density at radius 1 is 1.17 bits per heavy atom. The van der Waals surface area contributed by atoms with Gasteiger partial charge in [0.15, 0.2) is 0 Å². The van der Waals surface area contributed by atoms with Crippen LogP contribution < -0.4 is 5.32 Å². The molecule has 1 fully saturated rings. The number of fused-ring (bicyclic) bond motifs is 3. The fourth-order valence-corrected chi connectivity index (χ4v) is 4.48.